The van der Waals surface area contributed by atoms with Gasteiger partial charge in [-0.1, -0.05) is 47.5 Å². The van der Waals surface area contributed by atoms with Crippen LogP contribution in [0.25, 0.3) is 0 Å². The van der Waals surface area contributed by atoms with E-state index in [1.807, 2.05) is 29.2 Å². The van der Waals surface area contributed by atoms with Crippen LogP contribution in [0, 0.1) is 5.92 Å². The van der Waals surface area contributed by atoms with Crippen molar-refractivity contribution in [2.75, 3.05) is 18.4 Å². The normalized spacial score (nSPS) is 14.9. The minimum Gasteiger partial charge on any atom is -0.342 e. The molecule has 2 aromatic carbocycles. The highest BCUT2D eigenvalue weighted by molar-refractivity contribution is 6.33. The van der Waals surface area contributed by atoms with E-state index in [0.29, 0.717) is 48.1 Å². The Kier molecular flexibility index (Phi) is 6.17. The summed E-state index contributed by atoms with van der Waals surface area (Å²) in [5, 5.41) is 4.07. The zero-order chi connectivity index (χ0) is 18.5. The molecule has 1 aliphatic rings. The molecule has 6 heteroatoms. The topological polar surface area (TPSA) is 49.4 Å². The van der Waals surface area contributed by atoms with Crippen LogP contribution in [0.3, 0.4) is 0 Å². The lowest BCUT2D eigenvalue weighted by Crippen LogP contribution is -2.42. The van der Waals surface area contributed by atoms with Gasteiger partial charge in [0.2, 0.25) is 11.8 Å². The second kappa shape index (κ2) is 8.56. The van der Waals surface area contributed by atoms with E-state index in [-0.39, 0.29) is 17.7 Å². The molecule has 26 heavy (non-hydrogen) atoms. The second-order valence-corrected chi connectivity index (χ2v) is 7.27. The maximum Gasteiger partial charge on any atom is 0.227 e. The van der Waals surface area contributed by atoms with E-state index in [2.05, 4.69) is 5.32 Å². The second-order valence-electron chi connectivity index (χ2n) is 6.43. The summed E-state index contributed by atoms with van der Waals surface area (Å²) in [6, 6.07) is 14.5. The van der Waals surface area contributed by atoms with Crippen LogP contribution in [-0.2, 0) is 16.0 Å². The monoisotopic (exact) mass is 390 g/mol. The van der Waals surface area contributed by atoms with Crippen molar-refractivity contribution in [3.05, 3.63) is 64.1 Å². The molecule has 1 heterocycles. The summed E-state index contributed by atoms with van der Waals surface area (Å²) in [6.07, 6.45) is 1.67. The van der Waals surface area contributed by atoms with E-state index in [4.69, 9.17) is 23.2 Å². The first-order chi connectivity index (χ1) is 12.5. The molecule has 0 spiro atoms. The maximum atomic E-state index is 12.4. The van der Waals surface area contributed by atoms with Crippen LogP contribution in [0.15, 0.2) is 48.5 Å². The highest BCUT2D eigenvalue weighted by Gasteiger charge is 2.27. The van der Waals surface area contributed by atoms with Gasteiger partial charge >= 0.3 is 0 Å². The lowest BCUT2D eigenvalue weighted by atomic mass is 9.95. The molecular formula is C20H20Cl2N2O2. The summed E-state index contributed by atoms with van der Waals surface area (Å²) in [5.74, 6) is -0.0639. The molecule has 1 saturated heterocycles. The van der Waals surface area contributed by atoms with Crippen LogP contribution >= 0.6 is 23.2 Å². The zero-order valence-electron chi connectivity index (χ0n) is 14.3. The van der Waals surface area contributed by atoms with Gasteiger partial charge in [0.05, 0.1) is 17.1 Å². The SMILES string of the molecule is O=C(Nc1ccccc1Cl)C1CCN(C(=O)Cc2ccc(Cl)cc2)CC1. The number of carbonyl (C=O) groups excluding carboxylic acids is 2. The van der Waals surface area contributed by atoms with Gasteiger partial charge in [-0.3, -0.25) is 9.59 Å². The van der Waals surface area contributed by atoms with E-state index in [1.54, 1.807) is 24.3 Å². The molecule has 3 rings (SSSR count). The van der Waals surface area contributed by atoms with Crippen molar-refractivity contribution in [2.45, 2.75) is 19.3 Å². The number of rotatable bonds is 4. The molecule has 0 bridgehead atoms. The highest BCUT2D eigenvalue weighted by Crippen LogP contribution is 2.24. The molecule has 136 valence electrons. The van der Waals surface area contributed by atoms with Crippen molar-refractivity contribution in [2.24, 2.45) is 5.92 Å². The van der Waals surface area contributed by atoms with Crippen LogP contribution in [-0.4, -0.2) is 29.8 Å². The molecule has 1 aliphatic heterocycles. The number of anilines is 1. The van der Waals surface area contributed by atoms with Crippen LogP contribution in [0.2, 0.25) is 10.0 Å². The Labute approximate surface area is 163 Å². The summed E-state index contributed by atoms with van der Waals surface area (Å²) in [6.45, 7) is 1.18. The average molecular weight is 391 g/mol. The molecule has 2 amide bonds. The van der Waals surface area contributed by atoms with Gasteiger partial charge in [-0.05, 0) is 42.7 Å². The summed E-state index contributed by atoms with van der Waals surface area (Å²) < 4.78 is 0. The van der Waals surface area contributed by atoms with Gasteiger partial charge in [-0.25, -0.2) is 0 Å². The number of benzene rings is 2. The molecule has 0 radical (unpaired) electrons. The Morgan fingerprint density at radius 2 is 1.65 bits per heavy atom. The lowest BCUT2D eigenvalue weighted by Gasteiger charge is -2.31. The fourth-order valence-corrected chi connectivity index (χ4v) is 3.39. The molecule has 1 N–H and O–H groups in total. The molecule has 1 fully saturated rings. The molecule has 0 saturated carbocycles. The zero-order valence-corrected chi connectivity index (χ0v) is 15.8. The van der Waals surface area contributed by atoms with Gasteiger partial charge < -0.3 is 10.2 Å². The van der Waals surface area contributed by atoms with E-state index in [0.717, 1.165) is 5.56 Å². The average Bonchev–Trinajstić information content (AvgIpc) is 2.65. The van der Waals surface area contributed by atoms with Crippen molar-refractivity contribution in [3.63, 3.8) is 0 Å². The van der Waals surface area contributed by atoms with E-state index < -0.39 is 0 Å². The lowest BCUT2D eigenvalue weighted by molar-refractivity contribution is -0.133. The third kappa shape index (κ3) is 4.77. The predicted octanol–water partition coefficient (Wildman–Crippen LogP) is 4.41. The smallest absolute Gasteiger partial charge is 0.227 e. The number of nitrogens with zero attached hydrogens (tertiary/aromatic N) is 1. The van der Waals surface area contributed by atoms with E-state index in [9.17, 15) is 9.59 Å². The number of hydrogen-bond acceptors (Lipinski definition) is 2. The summed E-state index contributed by atoms with van der Waals surface area (Å²) >= 11 is 12.0. The Morgan fingerprint density at radius 3 is 2.31 bits per heavy atom. The highest BCUT2D eigenvalue weighted by atomic mass is 35.5. The van der Waals surface area contributed by atoms with Gasteiger partial charge in [0, 0.05) is 24.0 Å². The Balaban J connectivity index is 1.50. The number of piperidine rings is 1. The first kappa shape index (κ1) is 18.7. The van der Waals surface area contributed by atoms with Crippen molar-refractivity contribution >= 4 is 40.7 Å². The van der Waals surface area contributed by atoms with Crippen LogP contribution in [0.4, 0.5) is 5.69 Å². The number of para-hydroxylation sites is 1. The molecule has 0 unspecified atom stereocenters. The van der Waals surface area contributed by atoms with Crippen molar-refractivity contribution in [1.82, 2.24) is 4.90 Å². The largest absolute Gasteiger partial charge is 0.342 e. The first-order valence-electron chi connectivity index (χ1n) is 8.60. The van der Waals surface area contributed by atoms with Crippen LogP contribution in [0.1, 0.15) is 18.4 Å². The molecular weight excluding hydrogens is 371 g/mol. The number of hydrogen-bond donors (Lipinski definition) is 1. The van der Waals surface area contributed by atoms with Gasteiger partial charge in [0.1, 0.15) is 0 Å². The molecule has 0 atom stereocenters. The Bertz CT molecular complexity index is 785. The number of amides is 2. The van der Waals surface area contributed by atoms with Crippen molar-refractivity contribution < 1.29 is 9.59 Å². The number of carbonyl (C=O) groups is 2. The Morgan fingerprint density at radius 1 is 1.00 bits per heavy atom. The first-order valence-corrected chi connectivity index (χ1v) is 9.36. The maximum absolute atomic E-state index is 12.4. The number of likely N-dealkylation sites (tertiary alicyclic amines) is 1. The molecule has 0 aliphatic carbocycles. The number of halogens is 2. The van der Waals surface area contributed by atoms with Crippen LogP contribution < -0.4 is 5.32 Å². The van der Waals surface area contributed by atoms with Gasteiger partial charge in [-0.15, -0.1) is 0 Å². The third-order valence-corrected chi connectivity index (χ3v) is 5.20. The summed E-state index contributed by atoms with van der Waals surface area (Å²) in [5.41, 5.74) is 1.57. The molecule has 2 aromatic rings. The van der Waals surface area contributed by atoms with E-state index >= 15 is 0 Å². The standard InChI is InChI=1S/C20H20Cl2N2O2/c21-16-7-5-14(6-8-16)13-19(25)24-11-9-15(10-12-24)20(26)23-18-4-2-1-3-17(18)22/h1-8,15H,9-13H2,(H,23,26). The fourth-order valence-electron chi connectivity index (χ4n) is 3.08. The van der Waals surface area contributed by atoms with Crippen molar-refractivity contribution in [3.8, 4) is 0 Å². The minimum atomic E-state index is -0.106. The van der Waals surface area contributed by atoms with Gasteiger partial charge in [0.25, 0.3) is 0 Å². The minimum absolute atomic E-state index is 0.0390. The van der Waals surface area contributed by atoms with E-state index in [1.165, 1.54) is 0 Å². The number of nitrogens with one attached hydrogen (secondary N) is 1. The molecule has 4 nitrogen and oxygen atoms in total. The summed E-state index contributed by atoms with van der Waals surface area (Å²) in [4.78, 5) is 26.7. The Hall–Kier alpha value is -2.04. The quantitative estimate of drug-likeness (QED) is 0.839. The third-order valence-electron chi connectivity index (χ3n) is 4.62. The van der Waals surface area contributed by atoms with Gasteiger partial charge in [-0.2, -0.15) is 0 Å². The van der Waals surface area contributed by atoms with Gasteiger partial charge in [0.15, 0.2) is 0 Å². The predicted molar refractivity (Wildman–Crippen MR) is 105 cm³/mol. The van der Waals surface area contributed by atoms with Crippen molar-refractivity contribution in [1.29, 1.82) is 0 Å². The van der Waals surface area contributed by atoms with Crippen LogP contribution in [0.5, 0.6) is 0 Å². The fraction of sp³-hybridized carbons (Fsp3) is 0.300. The molecule has 0 aromatic heterocycles. The summed E-state index contributed by atoms with van der Waals surface area (Å²) in [7, 11) is 0.